The molecule has 1 saturated carbocycles. The van der Waals surface area contributed by atoms with Gasteiger partial charge in [-0.2, -0.15) is 0 Å². The van der Waals surface area contributed by atoms with E-state index in [2.05, 4.69) is 12.2 Å². The third kappa shape index (κ3) is 3.93. The highest BCUT2D eigenvalue weighted by Gasteiger charge is 2.17. The zero-order valence-corrected chi connectivity index (χ0v) is 11.9. The standard InChI is InChI=1S/C16H24FNO/c1-3-19-16-10-9-13(11-15(16)17)12(2)18-14-7-5-4-6-8-14/h9-12,14,18H,3-8H2,1-2H3/t12-/m1/s1. The van der Waals surface area contributed by atoms with Crippen LogP contribution in [0, 0.1) is 5.82 Å². The lowest BCUT2D eigenvalue weighted by molar-refractivity contribution is 0.320. The molecule has 2 rings (SSSR count). The fraction of sp³-hybridized carbons (Fsp3) is 0.625. The fourth-order valence-electron chi connectivity index (χ4n) is 2.78. The molecule has 0 amide bonds. The summed E-state index contributed by atoms with van der Waals surface area (Å²) in [5.41, 5.74) is 0.992. The Morgan fingerprint density at radius 1 is 1.32 bits per heavy atom. The first-order chi connectivity index (χ1) is 9.20. The Morgan fingerprint density at radius 3 is 2.68 bits per heavy atom. The molecule has 1 atom stereocenters. The summed E-state index contributed by atoms with van der Waals surface area (Å²) in [4.78, 5) is 0. The van der Waals surface area contributed by atoms with E-state index in [1.165, 1.54) is 32.1 Å². The molecule has 1 aliphatic rings. The Kier molecular flexibility index (Phi) is 5.20. The summed E-state index contributed by atoms with van der Waals surface area (Å²) >= 11 is 0. The zero-order valence-electron chi connectivity index (χ0n) is 11.9. The molecule has 0 saturated heterocycles. The monoisotopic (exact) mass is 265 g/mol. The molecule has 0 heterocycles. The maximum Gasteiger partial charge on any atom is 0.165 e. The Morgan fingerprint density at radius 2 is 2.05 bits per heavy atom. The molecule has 0 aromatic heterocycles. The Hall–Kier alpha value is -1.09. The predicted octanol–water partition coefficient (Wildman–Crippen LogP) is 4.21. The van der Waals surface area contributed by atoms with E-state index < -0.39 is 0 Å². The molecule has 1 N–H and O–H groups in total. The van der Waals surface area contributed by atoms with Crippen LogP contribution in [0.15, 0.2) is 18.2 Å². The van der Waals surface area contributed by atoms with Crippen LogP contribution in [0.1, 0.15) is 57.6 Å². The molecule has 0 aliphatic heterocycles. The average molecular weight is 265 g/mol. The van der Waals surface area contributed by atoms with Crippen molar-refractivity contribution in [1.82, 2.24) is 5.32 Å². The van der Waals surface area contributed by atoms with Gasteiger partial charge in [0.2, 0.25) is 0 Å². The Labute approximate surface area is 115 Å². The van der Waals surface area contributed by atoms with Crippen molar-refractivity contribution in [2.75, 3.05) is 6.61 Å². The third-order valence-corrected chi connectivity index (χ3v) is 3.85. The molecule has 106 valence electrons. The van der Waals surface area contributed by atoms with Crippen molar-refractivity contribution < 1.29 is 9.13 Å². The summed E-state index contributed by atoms with van der Waals surface area (Å²) in [5, 5.41) is 3.61. The number of nitrogens with one attached hydrogen (secondary N) is 1. The van der Waals surface area contributed by atoms with Gasteiger partial charge < -0.3 is 10.1 Å². The highest BCUT2D eigenvalue weighted by molar-refractivity contribution is 5.31. The molecule has 1 aromatic carbocycles. The second-order valence-corrected chi connectivity index (χ2v) is 5.35. The SMILES string of the molecule is CCOc1ccc([C@@H](C)NC2CCCCC2)cc1F. The van der Waals surface area contributed by atoms with E-state index in [0.717, 1.165) is 5.56 Å². The van der Waals surface area contributed by atoms with E-state index in [-0.39, 0.29) is 11.9 Å². The lowest BCUT2D eigenvalue weighted by atomic mass is 9.94. The Bertz CT molecular complexity index is 402. The van der Waals surface area contributed by atoms with Crippen LogP contribution in [0.2, 0.25) is 0 Å². The van der Waals surface area contributed by atoms with Gasteiger partial charge >= 0.3 is 0 Å². The van der Waals surface area contributed by atoms with Crippen LogP contribution >= 0.6 is 0 Å². The highest BCUT2D eigenvalue weighted by Crippen LogP contribution is 2.24. The summed E-state index contributed by atoms with van der Waals surface area (Å²) in [5.74, 6) is 0.0766. The smallest absolute Gasteiger partial charge is 0.165 e. The molecule has 2 nitrogen and oxygen atoms in total. The molecule has 0 radical (unpaired) electrons. The van der Waals surface area contributed by atoms with Crippen LogP contribution in [-0.4, -0.2) is 12.6 Å². The lowest BCUT2D eigenvalue weighted by Gasteiger charge is -2.27. The van der Waals surface area contributed by atoms with Gasteiger partial charge in [0.1, 0.15) is 0 Å². The van der Waals surface area contributed by atoms with Gasteiger partial charge in [-0.05, 0) is 44.4 Å². The molecular formula is C16H24FNO. The summed E-state index contributed by atoms with van der Waals surface area (Å²) < 4.78 is 19.0. The minimum absolute atomic E-state index is 0.188. The molecule has 0 unspecified atom stereocenters. The van der Waals surface area contributed by atoms with Crippen LogP contribution < -0.4 is 10.1 Å². The normalized spacial score (nSPS) is 18.3. The van der Waals surface area contributed by atoms with Crippen molar-refractivity contribution in [3.05, 3.63) is 29.6 Å². The van der Waals surface area contributed by atoms with Gasteiger partial charge in [0.05, 0.1) is 6.61 Å². The van der Waals surface area contributed by atoms with Crippen molar-refractivity contribution >= 4 is 0 Å². The first-order valence-corrected chi connectivity index (χ1v) is 7.39. The first kappa shape index (κ1) is 14.3. The minimum atomic E-state index is -0.267. The van der Waals surface area contributed by atoms with E-state index in [9.17, 15) is 4.39 Å². The zero-order chi connectivity index (χ0) is 13.7. The Balaban J connectivity index is 1.98. The number of benzene rings is 1. The van der Waals surface area contributed by atoms with Crippen molar-refractivity contribution in [3.63, 3.8) is 0 Å². The minimum Gasteiger partial charge on any atom is -0.491 e. The average Bonchev–Trinajstić information content (AvgIpc) is 2.42. The van der Waals surface area contributed by atoms with Crippen LogP contribution in [0.25, 0.3) is 0 Å². The second kappa shape index (κ2) is 6.90. The molecule has 0 bridgehead atoms. The van der Waals surface area contributed by atoms with Gasteiger partial charge in [-0.3, -0.25) is 0 Å². The topological polar surface area (TPSA) is 21.3 Å². The van der Waals surface area contributed by atoms with Crippen molar-refractivity contribution in [2.24, 2.45) is 0 Å². The molecule has 3 heteroatoms. The number of halogens is 1. The summed E-state index contributed by atoms with van der Waals surface area (Å²) in [6.07, 6.45) is 6.45. The summed E-state index contributed by atoms with van der Waals surface area (Å²) in [7, 11) is 0. The van der Waals surface area contributed by atoms with Gasteiger partial charge in [0.25, 0.3) is 0 Å². The lowest BCUT2D eigenvalue weighted by Crippen LogP contribution is -2.33. The van der Waals surface area contributed by atoms with Crippen LogP contribution in [-0.2, 0) is 0 Å². The van der Waals surface area contributed by atoms with E-state index >= 15 is 0 Å². The van der Waals surface area contributed by atoms with Gasteiger partial charge in [-0.25, -0.2) is 4.39 Å². The number of ether oxygens (including phenoxy) is 1. The van der Waals surface area contributed by atoms with Gasteiger partial charge in [-0.15, -0.1) is 0 Å². The van der Waals surface area contributed by atoms with Crippen molar-refractivity contribution in [3.8, 4) is 5.75 Å². The number of hydrogen-bond donors (Lipinski definition) is 1. The van der Waals surface area contributed by atoms with Crippen molar-refractivity contribution in [2.45, 2.75) is 58.0 Å². The maximum atomic E-state index is 13.8. The molecule has 1 fully saturated rings. The summed E-state index contributed by atoms with van der Waals surface area (Å²) in [6.45, 7) is 4.45. The first-order valence-electron chi connectivity index (χ1n) is 7.39. The molecule has 19 heavy (non-hydrogen) atoms. The summed E-state index contributed by atoms with van der Waals surface area (Å²) in [6, 6.07) is 6.04. The molecule has 1 aliphatic carbocycles. The second-order valence-electron chi connectivity index (χ2n) is 5.35. The predicted molar refractivity (Wildman–Crippen MR) is 76.0 cm³/mol. The largest absolute Gasteiger partial charge is 0.491 e. The number of hydrogen-bond acceptors (Lipinski definition) is 2. The molecular weight excluding hydrogens is 241 g/mol. The highest BCUT2D eigenvalue weighted by atomic mass is 19.1. The van der Waals surface area contributed by atoms with Gasteiger partial charge in [0, 0.05) is 12.1 Å². The van der Waals surface area contributed by atoms with E-state index in [1.807, 2.05) is 13.0 Å². The van der Waals surface area contributed by atoms with E-state index in [0.29, 0.717) is 18.4 Å². The van der Waals surface area contributed by atoms with E-state index in [4.69, 9.17) is 4.74 Å². The number of rotatable bonds is 5. The van der Waals surface area contributed by atoms with Crippen LogP contribution in [0.5, 0.6) is 5.75 Å². The van der Waals surface area contributed by atoms with Crippen LogP contribution in [0.4, 0.5) is 4.39 Å². The molecule has 1 aromatic rings. The quantitative estimate of drug-likeness (QED) is 0.861. The van der Waals surface area contributed by atoms with Gasteiger partial charge in [-0.1, -0.05) is 25.3 Å². The van der Waals surface area contributed by atoms with E-state index in [1.54, 1.807) is 12.1 Å². The fourth-order valence-corrected chi connectivity index (χ4v) is 2.78. The van der Waals surface area contributed by atoms with Gasteiger partial charge in [0.15, 0.2) is 11.6 Å². The maximum absolute atomic E-state index is 13.8. The third-order valence-electron chi connectivity index (χ3n) is 3.85. The van der Waals surface area contributed by atoms with Crippen molar-refractivity contribution in [1.29, 1.82) is 0 Å². The molecule has 0 spiro atoms. The van der Waals surface area contributed by atoms with Crippen LogP contribution in [0.3, 0.4) is 0 Å².